The van der Waals surface area contributed by atoms with Crippen LogP contribution in [0.3, 0.4) is 0 Å². The van der Waals surface area contributed by atoms with Crippen LogP contribution in [-0.2, 0) is 17.8 Å². The largest absolute Gasteiger partial charge is 0.337 e. The van der Waals surface area contributed by atoms with Gasteiger partial charge in [-0.1, -0.05) is 24.3 Å². The highest BCUT2D eigenvalue weighted by atomic mass is 16.2. The molecule has 1 fully saturated rings. The van der Waals surface area contributed by atoms with Gasteiger partial charge in [-0.2, -0.15) is 0 Å². The molecule has 1 aromatic carbocycles. The van der Waals surface area contributed by atoms with Gasteiger partial charge in [0, 0.05) is 39.3 Å². The van der Waals surface area contributed by atoms with E-state index in [9.17, 15) is 4.79 Å². The molecule has 3 rings (SSSR count). The van der Waals surface area contributed by atoms with E-state index in [1.54, 1.807) is 0 Å². The van der Waals surface area contributed by atoms with Crippen molar-refractivity contribution in [2.75, 3.05) is 32.7 Å². The zero-order valence-electron chi connectivity index (χ0n) is 12.8. The molecule has 1 amide bonds. The number of fused-ring (bicyclic) bond motifs is 1. The van der Waals surface area contributed by atoms with Crippen LogP contribution in [0.5, 0.6) is 0 Å². The van der Waals surface area contributed by atoms with Crippen molar-refractivity contribution in [3.05, 3.63) is 35.4 Å². The summed E-state index contributed by atoms with van der Waals surface area (Å²) in [4.78, 5) is 17.2. The average molecular weight is 287 g/mol. The third kappa shape index (κ3) is 3.27. The van der Waals surface area contributed by atoms with Crippen molar-refractivity contribution in [2.45, 2.75) is 32.4 Å². The smallest absolute Gasteiger partial charge is 0.239 e. The molecule has 1 unspecified atom stereocenters. The van der Waals surface area contributed by atoms with Crippen molar-refractivity contribution >= 4 is 5.91 Å². The van der Waals surface area contributed by atoms with Crippen LogP contribution in [0.15, 0.2) is 24.3 Å². The number of amides is 1. The van der Waals surface area contributed by atoms with Gasteiger partial charge >= 0.3 is 0 Å². The summed E-state index contributed by atoms with van der Waals surface area (Å²) in [6.07, 6.45) is 2.15. The molecule has 114 valence electrons. The quantitative estimate of drug-likeness (QED) is 0.889. The minimum absolute atomic E-state index is 0.00244. The number of piperazine rings is 1. The van der Waals surface area contributed by atoms with E-state index in [4.69, 9.17) is 0 Å². The first kappa shape index (κ1) is 14.5. The number of aryl methyl sites for hydroxylation is 1. The number of hydrogen-bond donors (Lipinski definition) is 1. The monoisotopic (exact) mass is 287 g/mol. The van der Waals surface area contributed by atoms with Crippen molar-refractivity contribution < 1.29 is 4.79 Å². The fourth-order valence-electron chi connectivity index (χ4n) is 3.38. The lowest BCUT2D eigenvalue weighted by molar-refractivity contribution is -0.137. The molecule has 2 aliphatic rings. The topological polar surface area (TPSA) is 35.6 Å². The molecule has 0 saturated carbocycles. The van der Waals surface area contributed by atoms with Crippen molar-refractivity contribution in [2.24, 2.45) is 0 Å². The van der Waals surface area contributed by atoms with Crippen LogP contribution in [0.2, 0.25) is 0 Å². The van der Waals surface area contributed by atoms with Gasteiger partial charge in [-0.3, -0.25) is 9.69 Å². The molecule has 0 aromatic heterocycles. The molecule has 0 spiro atoms. The SMILES string of the molecule is CC(C(=O)N1CCCc2ccccc2C1)N1CCNCC1. The highest BCUT2D eigenvalue weighted by molar-refractivity contribution is 5.81. The molecule has 2 heterocycles. The Hall–Kier alpha value is -1.39. The van der Waals surface area contributed by atoms with Crippen LogP contribution in [0.25, 0.3) is 0 Å². The van der Waals surface area contributed by atoms with Crippen LogP contribution in [-0.4, -0.2) is 54.5 Å². The Morgan fingerprint density at radius 2 is 1.86 bits per heavy atom. The number of hydrogen-bond acceptors (Lipinski definition) is 3. The summed E-state index contributed by atoms with van der Waals surface area (Å²) in [5, 5.41) is 3.34. The maximum atomic E-state index is 12.8. The Morgan fingerprint density at radius 3 is 2.62 bits per heavy atom. The third-order valence-electron chi connectivity index (χ3n) is 4.72. The number of carbonyl (C=O) groups excluding carboxylic acids is 1. The maximum Gasteiger partial charge on any atom is 0.239 e. The highest BCUT2D eigenvalue weighted by Gasteiger charge is 2.28. The number of nitrogens with zero attached hydrogens (tertiary/aromatic N) is 2. The van der Waals surface area contributed by atoms with Crippen molar-refractivity contribution in [3.63, 3.8) is 0 Å². The molecule has 4 nitrogen and oxygen atoms in total. The van der Waals surface area contributed by atoms with E-state index in [0.29, 0.717) is 0 Å². The van der Waals surface area contributed by atoms with E-state index >= 15 is 0 Å². The van der Waals surface area contributed by atoms with Gasteiger partial charge in [-0.25, -0.2) is 0 Å². The molecule has 0 radical (unpaired) electrons. The van der Waals surface area contributed by atoms with Gasteiger partial charge in [0.25, 0.3) is 0 Å². The second kappa shape index (κ2) is 6.58. The maximum absolute atomic E-state index is 12.8. The second-order valence-corrected chi connectivity index (χ2v) is 6.09. The first-order chi connectivity index (χ1) is 10.3. The van der Waals surface area contributed by atoms with E-state index < -0.39 is 0 Å². The first-order valence-corrected chi connectivity index (χ1v) is 8.06. The zero-order valence-corrected chi connectivity index (χ0v) is 12.8. The van der Waals surface area contributed by atoms with Crippen LogP contribution < -0.4 is 5.32 Å². The van der Waals surface area contributed by atoms with E-state index in [0.717, 1.165) is 52.1 Å². The number of benzene rings is 1. The van der Waals surface area contributed by atoms with Gasteiger partial charge in [0.05, 0.1) is 6.04 Å². The normalized spacial score (nSPS) is 21.5. The predicted octanol–water partition coefficient (Wildman–Crippen LogP) is 1.26. The van der Waals surface area contributed by atoms with Gasteiger partial charge in [0.2, 0.25) is 5.91 Å². The molecule has 1 atom stereocenters. The van der Waals surface area contributed by atoms with E-state index in [-0.39, 0.29) is 11.9 Å². The fraction of sp³-hybridized carbons (Fsp3) is 0.588. The molecule has 1 aromatic rings. The molecule has 21 heavy (non-hydrogen) atoms. The molecular formula is C17H25N3O. The first-order valence-electron chi connectivity index (χ1n) is 8.06. The van der Waals surface area contributed by atoms with Gasteiger partial charge in [0.1, 0.15) is 0 Å². The standard InChI is InChI=1S/C17H25N3O/c1-14(19-11-8-18-9-12-19)17(21)20-10-4-7-15-5-2-3-6-16(15)13-20/h2-3,5-6,14,18H,4,7-13H2,1H3. The van der Waals surface area contributed by atoms with Crippen molar-refractivity contribution in [1.29, 1.82) is 0 Å². The predicted molar refractivity (Wildman–Crippen MR) is 84.1 cm³/mol. The number of carbonyl (C=O) groups is 1. The highest BCUT2D eigenvalue weighted by Crippen LogP contribution is 2.19. The Bertz CT molecular complexity index is 497. The minimum Gasteiger partial charge on any atom is -0.337 e. The Kier molecular flexibility index (Phi) is 4.56. The molecule has 0 bridgehead atoms. The second-order valence-electron chi connectivity index (χ2n) is 6.09. The summed E-state index contributed by atoms with van der Waals surface area (Å²) in [6.45, 7) is 7.62. The van der Waals surface area contributed by atoms with Crippen LogP contribution in [0.4, 0.5) is 0 Å². The third-order valence-corrected chi connectivity index (χ3v) is 4.72. The molecule has 0 aliphatic carbocycles. The fourth-order valence-corrected chi connectivity index (χ4v) is 3.38. The average Bonchev–Trinajstić information content (AvgIpc) is 2.76. The summed E-state index contributed by atoms with van der Waals surface area (Å²) < 4.78 is 0. The lowest BCUT2D eigenvalue weighted by Crippen LogP contribution is -2.53. The van der Waals surface area contributed by atoms with E-state index in [2.05, 4.69) is 46.3 Å². The number of nitrogens with one attached hydrogen (secondary N) is 1. The molecule has 1 saturated heterocycles. The van der Waals surface area contributed by atoms with Crippen LogP contribution in [0.1, 0.15) is 24.5 Å². The summed E-state index contributed by atoms with van der Waals surface area (Å²) in [6, 6.07) is 8.53. The summed E-state index contributed by atoms with van der Waals surface area (Å²) in [7, 11) is 0. The minimum atomic E-state index is -0.00244. The number of rotatable bonds is 2. The lowest BCUT2D eigenvalue weighted by Gasteiger charge is -2.35. The van der Waals surface area contributed by atoms with Crippen molar-refractivity contribution in [1.82, 2.24) is 15.1 Å². The Labute approximate surface area is 127 Å². The molecule has 4 heteroatoms. The van der Waals surface area contributed by atoms with Gasteiger partial charge in [-0.15, -0.1) is 0 Å². The van der Waals surface area contributed by atoms with Crippen LogP contribution in [0, 0.1) is 0 Å². The summed E-state index contributed by atoms with van der Waals surface area (Å²) >= 11 is 0. The molecular weight excluding hydrogens is 262 g/mol. The lowest BCUT2D eigenvalue weighted by atomic mass is 10.0. The molecule has 2 aliphatic heterocycles. The summed E-state index contributed by atoms with van der Waals surface area (Å²) in [5.41, 5.74) is 2.72. The molecule has 1 N–H and O–H groups in total. The van der Waals surface area contributed by atoms with Gasteiger partial charge in [-0.05, 0) is 30.9 Å². The van der Waals surface area contributed by atoms with E-state index in [1.807, 2.05) is 0 Å². The van der Waals surface area contributed by atoms with Gasteiger partial charge in [0.15, 0.2) is 0 Å². The zero-order chi connectivity index (χ0) is 14.7. The Balaban J connectivity index is 1.69. The summed E-state index contributed by atoms with van der Waals surface area (Å²) in [5.74, 6) is 0.286. The Morgan fingerprint density at radius 1 is 1.14 bits per heavy atom. The van der Waals surface area contributed by atoms with Crippen molar-refractivity contribution in [3.8, 4) is 0 Å². The van der Waals surface area contributed by atoms with E-state index in [1.165, 1.54) is 11.1 Å². The van der Waals surface area contributed by atoms with Crippen LogP contribution >= 0.6 is 0 Å². The van der Waals surface area contributed by atoms with Gasteiger partial charge < -0.3 is 10.2 Å².